The van der Waals surface area contributed by atoms with Gasteiger partial charge in [-0.05, 0) is 51.5 Å². The number of nitrogens with zero attached hydrogens (tertiary/aromatic N) is 2. The number of ether oxygens (including phenoxy) is 1. The van der Waals surface area contributed by atoms with Crippen LogP contribution < -0.4 is 0 Å². The second-order valence-corrected chi connectivity index (χ2v) is 5.40. The van der Waals surface area contributed by atoms with Crippen molar-refractivity contribution in [2.75, 3.05) is 6.61 Å². The van der Waals surface area contributed by atoms with Crippen LogP contribution in [0, 0.1) is 9.39 Å². The summed E-state index contributed by atoms with van der Waals surface area (Å²) in [5.74, 6) is -0.999. The average Bonchev–Trinajstić information content (AvgIpc) is 2.85. The number of carbonyl (C=O) groups is 1. The zero-order valence-corrected chi connectivity index (χ0v) is 13.5. The van der Waals surface area contributed by atoms with Gasteiger partial charge in [-0.15, -0.1) is 5.10 Å². The van der Waals surface area contributed by atoms with Crippen LogP contribution in [0.5, 0.6) is 0 Å². The molecule has 8 heteroatoms. The molecule has 0 saturated heterocycles. The van der Waals surface area contributed by atoms with Gasteiger partial charge in [0.1, 0.15) is 5.69 Å². The maximum atomic E-state index is 13.8. The number of nitrogens with one attached hydrogen (secondary N) is 1. The molecular weight excluding hydrogens is 432 g/mol. The van der Waals surface area contributed by atoms with Gasteiger partial charge in [-0.3, -0.25) is 0 Å². The Morgan fingerprint density at radius 3 is 2.95 bits per heavy atom. The van der Waals surface area contributed by atoms with Crippen molar-refractivity contribution in [2.45, 2.75) is 6.92 Å². The van der Waals surface area contributed by atoms with Gasteiger partial charge >= 0.3 is 5.97 Å². The quantitative estimate of drug-likeness (QED) is 0.453. The van der Waals surface area contributed by atoms with Crippen LogP contribution in [0.15, 0.2) is 16.6 Å². The van der Waals surface area contributed by atoms with Crippen LogP contribution in [0.3, 0.4) is 0 Å². The third-order valence-corrected chi connectivity index (χ3v) is 3.97. The lowest BCUT2D eigenvalue weighted by molar-refractivity contribution is 0.0520. The Morgan fingerprint density at radius 2 is 2.26 bits per heavy atom. The summed E-state index contributed by atoms with van der Waals surface area (Å²) in [5.41, 5.74) is 0.800. The number of H-pyrrole nitrogens is 1. The third kappa shape index (κ3) is 2.78. The highest BCUT2D eigenvalue weighted by atomic mass is 127. The number of rotatable bonds is 3. The van der Waals surface area contributed by atoms with E-state index in [2.05, 4.69) is 31.3 Å². The topological polar surface area (TPSA) is 67.9 Å². The standard InChI is InChI=1S/C11H8BrFIN3O2/c1-2-19-11(18)10-9(15-17-16-10)5-3-4-6(12)7(13)8(5)14/h3-4H,2H2,1H3,(H,15,16,17). The Kier molecular flexibility index (Phi) is 4.50. The van der Waals surface area contributed by atoms with Gasteiger partial charge in [0.2, 0.25) is 0 Å². The van der Waals surface area contributed by atoms with Crippen LogP contribution in [-0.2, 0) is 4.74 Å². The summed E-state index contributed by atoms with van der Waals surface area (Å²) in [6.45, 7) is 1.93. The van der Waals surface area contributed by atoms with Crippen molar-refractivity contribution in [3.05, 3.63) is 31.7 Å². The Bertz CT molecular complexity index is 632. The number of benzene rings is 1. The lowest BCUT2D eigenvalue weighted by Crippen LogP contribution is -2.07. The van der Waals surface area contributed by atoms with E-state index in [1.54, 1.807) is 19.1 Å². The Labute approximate surface area is 130 Å². The molecule has 0 amide bonds. The first kappa shape index (κ1) is 14.4. The molecule has 0 bridgehead atoms. The summed E-state index contributed by atoms with van der Waals surface area (Å²) in [6.07, 6.45) is 0. The first-order valence-electron chi connectivity index (χ1n) is 5.28. The van der Waals surface area contributed by atoms with Gasteiger partial charge in [0.15, 0.2) is 11.5 Å². The molecule has 0 aliphatic rings. The molecule has 0 atom stereocenters. The highest BCUT2D eigenvalue weighted by Crippen LogP contribution is 2.31. The van der Waals surface area contributed by atoms with E-state index in [0.717, 1.165) is 0 Å². The Hall–Kier alpha value is -1.03. The number of halogens is 3. The van der Waals surface area contributed by atoms with E-state index >= 15 is 0 Å². The fourth-order valence-electron chi connectivity index (χ4n) is 1.47. The minimum atomic E-state index is -0.592. The molecule has 5 nitrogen and oxygen atoms in total. The molecule has 0 saturated carbocycles. The van der Waals surface area contributed by atoms with Gasteiger partial charge < -0.3 is 4.74 Å². The van der Waals surface area contributed by atoms with Gasteiger partial charge in [-0.25, -0.2) is 9.18 Å². The van der Waals surface area contributed by atoms with E-state index in [0.29, 0.717) is 13.6 Å². The van der Waals surface area contributed by atoms with E-state index < -0.39 is 11.8 Å². The van der Waals surface area contributed by atoms with Crippen molar-refractivity contribution in [2.24, 2.45) is 0 Å². The molecular formula is C11H8BrFIN3O2. The van der Waals surface area contributed by atoms with E-state index in [1.165, 1.54) is 0 Å². The van der Waals surface area contributed by atoms with Crippen LogP contribution in [0.2, 0.25) is 0 Å². The summed E-state index contributed by atoms with van der Waals surface area (Å²) in [4.78, 5) is 11.7. The van der Waals surface area contributed by atoms with Crippen molar-refractivity contribution in [1.82, 2.24) is 15.4 Å². The molecule has 0 fully saturated rings. The van der Waals surface area contributed by atoms with E-state index in [1.807, 2.05) is 22.6 Å². The number of carbonyl (C=O) groups excluding carboxylic acids is 1. The number of esters is 1. The number of hydrogen-bond donors (Lipinski definition) is 1. The number of aromatic nitrogens is 3. The lowest BCUT2D eigenvalue weighted by Gasteiger charge is -2.05. The maximum absolute atomic E-state index is 13.8. The molecule has 2 aromatic rings. The Morgan fingerprint density at radius 1 is 1.53 bits per heavy atom. The van der Waals surface area contributed by atoms with Crippen LogP contribution in [-0.4, -0.2) is 28.0 Å². The smallest absolute Gasteiger partial charge is 0.361 e. The van der Waals surface area contributed by atoms with Gasteiger partial charge in [-0.1, -0.05) is 6.07 Å². The van der Waals surface area contributed by atoms with Crippen molar-refractivity contribution in [1.29, 1.82) is 0 Å². The van der Waals surface area contributed by atoms with Crippen molar-refractivity contribution < 1.29 is 13.9 Å². The van der Waals surface area contributed by atoms with E-state index in [4.69, 9.17) is 4.74 Å². The van der Waals surface area contributed by atoms with Gasteiger partial charge in [0, 0.05) is 5.56 Å². The summed E-state index contributed by atoms with van der Waals surface area (Å²) < 4.78 is 19.4. The van der Waals surface area contributed by atoms with Crippen LogP contribution in [0.1, 0.15) is 17.4 Å². The normalized spacial score (nSPS) is 10.5. The first-order chi connectivity index (χ1) is 9.06. The summed E-state index contributed by atoms with van der Waals surface area (Å²) in [7, 11) is 0. The molecule has 2 rings (SSSR count). The SMILES string of the molecule is CCOC(=O)c1n[nH]nc1-c1ccc(Br)c(F)c1I. The minimum absolute atomic E-state index is 0.0430. The minimum Gasteiger partial charge on any atom is -0.461 e. The largest absolute Gasteiger partial charge is 0.461 e. The first-order valence-corrected chi connectivity index (χ1v) is 7.15. The summed E-state index contributed by atoms with van der Waals surface area (Å²) in [5, 5.41) is 10.0. The lowest BCUT2D eigenvalue weighted by atomic mass is 10.1. The second kappa shape index (κ2) is 5.95. The monoisotopic (exact) mass is 439 g/mol. The van der Waals surface area contributed by atoms with Crippen LogP contribution >= 0.6 is 38.5 Å². The molecule has 1 N–H and O–H groups in total. The molecule has 0 unspecified atom stereocenters. The highest BCUT2D eigenvalue weighted by molar-refractivity contribution is 14.1. The molecule has 0 spiro atoms. The molecule has 1 heterocycles. The zero-order chi connectivity index (χ0) is 14.0. The molecule has 0 radical (unpaired) electrons. The van der Waals surface area contributed by atoms with Gasteiger partial charge in [0.05, 0.1) is 14.6 Å². The van der Waals surface area contributed by atoms with Gasteiger partial charge in [0.25, 0.3) is 0 Å². The molecule has 0 aliphatic heterocycles. The highest BCUT2D eigenvalue weighted by Gasteiger charge is 2.22. The van der Waals surface area contributed by atoms with E-state index in [-0.39, 0.29) is 18.0 Å². The fraction of sp³-hybridized carbons (Fsp3) is 0.182. The zero-order valence-electron chi connectivity index (χ0n) is 9.71. The van der Waals surface area contributed by atoms with Gasteiger partial charge in [-0.2, -0.15) is 10.3 Å². The van der Waals surface area contributed by atoms with Crippen molar-refractivity contribution >= 4 is 44.5 Å². The predicted molar refractivity (Wildman–Crippen MR) is 78.2 cm³/mol. The fourth-order valence-corrected chi connectivity index (χ4v) is 2.90. The third-order valence-electron chi connectivity index (χ3n) is 2.31. The van der Waals surface area contributed by atoms with Crippen molar-refractivity contribution in [3.63, 3.8) is 0 Å². The summed E-state index contributed by atoms with van der Waals surface area (Å²) >= 11 is 4.95. The molecule has 1 aromatic carbocycles. The summed E-state index contributed by atoms with van der Waals surface area (Å²) in [6, 6.07) is 3.21. The molecule has 0 aliphatic carbocycles. The van der Waals surface area contributed by atoms with E-state index in [9.17, 15) is 9.18 Å². The van der Waals surface area contributed by atoms with Crippen molar-refractivity contribution in [3.8, 4) is 11.3 Å². The molecule has 1 aromatic heterocycles. The average molecular weight is 440 g/mol. The predicted octanol–water partition coefficient (Wildman–Crippen LogP) is 3.15. The molecule has 100 valence electrons. The van der Waals surface area contributed by atoms with Crippen LogP contribution in [0.4, 0.5) is 4.39 Å². The molecule has 19 heavy (non-hydrogen) atoms. The maximum Gasteiger partial charge on any atom is 0.361 e. The Balaban J connectivity index is 2.52. The second-order valence-electron chi connectivity index (χ2n) is 3.46. The number of hydrogen-bond acceptors (Lipinski definition) is 4. The number of aromatic amines is 1. The van der Waals surface area contributed by atoms with Crippen LogP contribution in [0.25, 0.3) is 11.3 Å².